The van der Waals surface area contributed by atoms with E-state index in [0.717, 1.165) is 22.0 Å². The second-order valence-corrected chi connectivity index (χ2v) is 7.80. The largest absolute Gasteiger partial charge is 0.302 e. The molecule has 1 aliphatic rings. The van der Waals surface area contributed by atoms with E-state index in [1.807, 2.05) is 10.8 Å². The average Bonchev–Trinajstić information content (AvgIpc) is 3.14. The summed E-state index contributed by atoms with van der Waals surface area (Å²) >= 11 is 3.07. The van der Waals surface area contributed by atoms with Crippen LogP contribution in [-0.2, 0) is 11.2 Å². The molecule has 1 N–H and O–H groups in total. The van der Waals surface area contributed by atoms with Crippen molar-refractivity contribution in [2.75, 3.05) is 5.32 Å². The Hall–Kier alpha value is -2.05. The first-order valence-corrected chi connectivity index (χ1v) is 9.70. The van der Waals surface area contributed by atoms with Crippen LogP contribution in [0.1, 0.15) is 35.7 Å². The molecule has 3 aromatic rings. The summed E-state index contributed by atoms with van der Waals surface area (Å²) in [5.74, 6) is 0.551. The summed E-state index contributed by atoms with van der Waals surface area (Å²) in [6.07, 6.45) is 2.72. The maximum absolute atomic E-state index is 12.2. The van der Waals surface area contributed by atoms with Gasteiger partial charge in [0, 0.05) is 22.2 Å². The van der Waals surface area contributed by atoms with Gasteiger partial charge in [-0.2, -0.15) is 0 Å². The van der Waals surface area contributed by atoms with Gasteiger partial charge in [-0.15, -0.1) is 22.7 Å². The van der Waals surface area contributed by atoms with Crippen LogP contribution in [0.3, 0.4) is 0 Å². The number of hydrogen-bond donors (Lipinski definition) is 1. The Kier molecular flexibility index (Phi) is 4.16. The van der Waals surface area contributed by atoms with E-state index in [1.165, 1.54) is 29.7 Å². The fourth-order valence-corrected chi connectivity index (χ4v) is 4.09. The third kappa shape index (κ3) is 3.55. The highest BCUT2D eigenvalue weighted by Gasteiger charge is 2.26. The number of hydrogen-bond acceptors (Lipinski definition) is 5. The lowest BCUT2D eigenvalue weighted by Gasteiger charge is -1.99. The molecule has 2 heterocycles. The number of benzene rings is 1. The van der Waals surface area contributed by atoms with E-state index < -0.39 is 0 Å². The zero-order valence-corrected chi connectivity index (χ0v) is 14.9. The summed E-state index contributed by atoms with van der Waals surface area (Å²) in [6, 6.07) is 8.27. The molecule has 0 radical (unpaired) electrons. The van der Waals surface area contributed by atoms with Gasteiger partial charge in [0.15, 0.2) is 5.13 Å². The first kappa shape index (κ1) is 15.5. The minimum atomic E-state index is -0.0625. The topological polar surface area (TPSA) is 54.9 Å². The maximum atomic E-state index is 12.2. The predicted molar refractivity (Wildman–Crippen MR) is 98.7 cm³/mol. The Morgan fingerprint density at radius 2 is 1.96 bits per heavy atom. The third-order valence-corrected chi connectivity index (χ3v) is 5.67. The number of thiazole rings is 2. The Balaban J connectivity index is 1.39. The van der Waals surface area contributed by atoms with Gasteiger partial charge in [0.2, 0.25) is 5.91 Å². The molecule has 0 bridgehead atoms. The highest BCUT2D eigenvalue weighted by molar-refractivity contribution is 7.14. The Bertz CT molecular complexity index is 863. The highest BCUT2D eigenvalue weighted by Crippen LogP contribution is 2.40. The molecular formula is C18H17N3OS2. The van der Waals surface area contributed by atoms with Crippen LogP contribution in [0, 0.1) is 6.92 Å². The minimum absolute atomic E-state index is 0.0625. The number of anilines is 1. The van der Waals surface area contributed by atoms with Crippen molar-refractivity contribution < 1.29 is 4.79 Å². The van der Waals surface area contributed by atoms with Gasteiger partial charge in [-0.3, -0.25) is 4.79 Å². The van der Waals surface area contributed by atoms with E-state index in [4.69, 9.17) is 0 Å². The number of amides is 1. The van der Waals surface area contributed by atoms with Gasteiger partial charge >= 0.3 is 0 Å². The highest BCUT2D eigenvalue weighted by atomic mass is 32.1. The van der Waals surface area contributed by atoms with Gasteiger partial charge in [-0.25, -0.2) is 9.97 Å². The summed E-state index contributed by atoms with van der Waals surface area (Å²) in [4.78, 5) is 21.2. The maximum Gasteiger partial charge on any atom is 0.232 e. The molecule has 1 amide bonds. The fourth-order valence-electron chi connectivity index (χ4n) is 2.46. The van der Waals surface area contributed by atoms with Crippen LogP contribution in [0.2, 0.25) is 0 Å². The van der Waals surface area contributed by atoms with Crippen LogP contribution in [-0.4, -0.2) is 15.9 Å². The lowest BCUT2D eigenvalue weighted by atomic mass is 10.2. The van der Waals surface area contributed by atoms with Gasteiger partial charge in [-0.05, 0) is 19.8 Å². The minimum Gasteiger partial charge on any atom is -0.302 e. The molecule has 1 aliphatic carbocycles. The molecule has 6 heteroatoms. The van der Waals surface area contributed by atoms with Gasteiger partial charge in [0.05, 0.1) is 17.8 Å². The number of carbonyl (C=O) groups is 1. The molecule has 0 aliphatic heterocycles. The fraction of sp³-hybridized carbons (Fsp3) is 0.278. The first-order valence-electron chi connectivity index (χ1n) is 7.94. The van der Waals surface area contributed by atoms with Gasteiger partial charge in [-0.1, -0.05) is 29.8 Å². The summed E-state index contributed by atoms with van der Waals surface area (Å²) in [6.45, 7) is 2.06. The van der Waals surface area contributed by atoms with E-state index in [0.29, 0.717) is 11.0 Å². The molecule has 2 aromatic heterocycles. The summed E-state index contributed by atoms with van der Waals surface area (Å²) in [5, 5.41) is 8.52. The van der Waals surface area contributed by atoms with Crippen molar-refractivity contribution in [2.24, 2.45) is 0 Å². The molecule has 4 nitrogen and oxygen atoms in total. The molecule has 1 aromatic carbocycles. The van der Waals surface area contributed by atoms with Crippen molar-refractivity contribution in [1.29, 1.82) is 0 Å². The lowest BCUT2D eigenvalue weighted by molar-refractivity contribution is -0.115. The van der Waals surface area contributed by atoms with Crippen molar-refractivity contribution in [1.82, 2.24) is 9.97 Å². The van der Waals surface area contributed by atoms with Crippen molar-refractivity contribution in [2.45, 2.75) is 32.1 Å². The summed E-state index contributed by atoms with van der Waals surface area (Å²) in [5.41, 5.74) is 4.23. The van der Waals surface area contributed by atoms with E-state index >= 15 is 0 Å². The number of rotatable bonds is 5. The molecule has 24 heavy (non-hydrogen) atoms. The quantitative estimate of drug-likeness (QED) is 0.726. The number of aryl methyl sites for hydroxylation is 1. The second kappa shape index (κ2) is 6.45. The van der Waals surface area contributed by atoms with Gasteiger partial charge in [0.1, 0.15) is 5.01 Å². The molecule has 1 fully saturated rings. The Morgan fingerprint density at radius 1 is 1.17 bits per heavy atom. The molecular weight excluding hydrogens is 338 g/mol. The first-order chi connectivity index (χ1) is 11.7. The van der Waals surface area contributed by atoms with Crippen LogP contribution in [0.15, 0.2) is 35.0 Å². The summed E-state index contributed by atoms with van der Waals surface area (Å²) in [7, 11) is 0. The smallest absolute Gasteiger partial charge is 0.232 e. The van der Waals surface area contributed by atoms with Crippen LogP contribution in [0.4, 0.5) is 5.13 Å². The van der Waals surface area contributed by atoms with Crippen LogP contribution >= 0.6 is 22.7 Å². The molecule has 0 atom stereocenters. The number of aromatic nitrogens is 2. The van der Waals surface area contributed by atoms with Crippen LogP contribution in [0.5, 0.6) is 0 Å². The normalized spacial score (nSPS) is 13.9. The standard InChI is InChI=1S/C18H17N3OS2/c1-11-2-4-13(5-3-11)17-19-14(9-23-17)8-16(22)21-18-20-15(10-24-18)12-6-7-12/h2-5,9-10,12H,6-8H2,1H3,(H,20,21,22). The summed E-state index contributed by atoms with van der Waals surface area (Å²) < 4.78 is 0. The van der Waals surface area contributed by atoms with Crippen LogP contribution < -0.4 is 5.32 Å². The molecule has 0 unspecified atom stereocenters. The third-order valence-electron chi connectivity index (χ3n) is 3.96. The monoisotopic (exact) mass is 355 g/mol. The Morgan fingerprint density at radius 3 is 2.71 bits per heavy atom. The van der Waals surface area contributed by atoms with E-state index in [2.05, 4.69) is 46.5 Å². The van der Waals surface area contributed by atoms with E-state index in [-0.39, 0.29) is 12.3 Å². The van der Waals surface area contributed by atoms with Gasteiger partial charge < -0.3 is 5.32 Å². The SMILES string of the molecule is Cc1ccc(-c2nc(CC(=O)Nc3nc(C4CC4)cs3)cs2)cc1. The number of nitrogens with zero attached hydrogens (tertiary/aromatic N) is 2. The van der Waals surface area contributed by atoms with Crippen molar-refractivity contribution >= 4 is 33.7 Å². The zero-order valence-electron chi connectivity index (χ0n) is 13.3. The van der Waals surface area contributed by atoms with E-state index in [1.54, 1.807) is 11.3 Å². The molecule has 1 saturated carbocycles. The molecule has 122 valence electrons. The second-order valence-electron chi connectivity index (χ2n) is 6.09. The lowest BCUT2D eigenvalue weighted by Crippen LogP contribution is -2.14. The zero-order chi connectivity index (χ0) is 16.5. The number of carbonyl (C=O) groups excluding carboxylic acids is 1. The van der Waals surface area contributed by atoms with Crippen molar-refractivity contribution in [3.05, 3.63) is 52.0 Å². The average molecular weight is 355 g/mol. The van der Waals surface area contributed by atoms with Crippen LogP contribution in [0.25, 0.3) is 10.6 Å². The predicted octanol–water partition coefficient (Wildman–Crippen LogP) is 4.63. The number of nitrogens with one attached hydrogen (secondary N) is 1. The molecule has 0 spiro atoms. The molecule has 4 rings (SSSR count). The Labute approximate surface area is 148 Å². The van der Waals surface area contributed by atoms with Crippen molar-refractivity contribution in [3.8, 4) is 10.6 Å². The van der Waals surface area contributed by atoms with Gasteiger partial charge in [0.25, 0.3) is 0 Å². The van der Waals surface area contributed by atoms with Crippen molar-refractivity contribution in [3.63, 3.8) is 0 Å². The molecule has 0 saturated heterocycles. The van der Waals surface area contributed by atoms with E-state index in [9.17, 15) is 4.79 Å².